The number of pyridine rings is 1. The van der Waals surface area contributed by atoms with Gasteiger partial charge in [0.25, 0.3) is 0 Å². The second kappa shape index (κ2) is 7.51. The van der Waals surface area contributed by atoms with Crippen LogP contribution in [0.15, 0.2) is 54.4 Å². The van der Waals surface area contributed by atoms with Gasteiger partial charge in [-0.2, -0.15) is 5.26 Å². The van der Waals surface area contributed by atoms with Crippen LogP contribution in [0.4, 0.5) is 0 Å². The van der Waals surface area contributed by atoms with E-state index in [0.29, 0.717) is 12.8 Å². The zero-order valence-electron chi connectivity index (χ0n) is 21.8. The average Bonchev–Trinajstić information content (AvgIpc) is 3.42. The molecule has 7 rings (SSSR count). The Morgan fingerprint density at radius 2 is 1.97 bits per heavy atom. The van der Waals surface area contributed by atoms with Crippen molar-refractivity contribution in [2.24, 2.45) is 16.7 Å². The summed E-state index contributed by atoms with van der Waals surface area (Å²) < 4.78 is 7.29. The molecular weight excluding hydrogens is 462 g/mol. The molecule has 5 aliphatic rings. The molecule has 2 saturated carbocycles. The molecule has 2 N–H and O–H groups in total. The monoisotopic (exact) mass is 497 g/mol. The molecule has 3 fully saturated rings. The van der Waals surface area contributed by atoms with Crippen molar-refractivity contribution in [1.82, 2.24) is 9.88 Å². The second-order valence-corrected chi connectivity index (χ2v) is 12.6. The SMILES string of the molecule is CN(C)C1CC23CCC4(O2)C2CC=C(c5cccc6cnccc56)C2(C)CCC4(C#N)C=C3C(O)C1O. The van der Waals surface area contributed by atoms with E-state index in [1.165, 1.54) is 16.5 Å². The lowest BCUT2D eigenvalue weighted by Gasteiger charge is -2.61. The van der Waals surface area contributed by atoms with Crippen molar-refractivity contribution in [2.45, 2.75) is 74.9 Å². The van der Waals surface area contributed by atoms with Crippen LogP contribution in [0.2, 0.25) is 0 Å². The number of nitrogens with zero attached hydrogens (tertiary/aromatic N) is 3. The lowest BCUT2D eigenvalue weighted by Crippen LogP contribution is -2.66. The molecule has 1 saturated heterocycles. The Kier molecular flexibility index (Phi) is 4.78. The third-order valence-corrected chi connectivity index (χ3v) is 10.9. The molecule has 3 heterocycles. The van der Waals surface area contributed by atoms with Crippen LogP contribution in [-0.2, 0) is 4.74 Å². The maximum Gasteiger partial charge on any atom is 0.105 e. The van der Waals surface area contributed by atoms with Gasteiger partial charge in [0.2, 0.25) is 0 Å². The van der Waals surface area contributed by atoms with Gasteiger partial charge in [-0.05, 0) is 86.2 Å². The summed E-state index contributed by atoms with van der Waals surface area (Å²) in [6.07, 6.45) is 11.0. The molecule has 6 nitrogen and oxygen atoms in total. The highest BCUT2D eigenvalue weighted by Gasteiger charge is 2.74. The third kappa shape index (κ3) is 2.76. The molecule has 2 aliphatic heterocycles. The quantitative estimate of drug-likeness (QED) is 0.604. The second-order valence-electron chi connectivity index (χ2n) is 12.6. The summed E-state index contributed by atoms with van der Waals surface area (Å²) in [4.78, 5) is 6.32. The van der Waals surface area contributed by atoms with Crippen LogP contribution in [0.3, 0.4) is 0 Å². The van der Waals surface area contributed by atoms with Crippen LogP contribution < -0.4 is 0 Å². The minimum Gasteiger partial charge on any atom is -0.388 e. The molecule has 0 radical (unpaired) electrons. The highest BCUT2D eigenvalue weighted by atomic mass is 16.5. The van der Waals surface area contributed by atoms with Crippen molar-refractivity contribution in [2.75, 3.05) is 14.1 Å². The van der Waals surface area contributed by atoms with Gasteiger partial charge in [0, 0.05) is 29.7 Å². The van der Waals surface area contributed by atoms with E-state index < -0.39 is 28.8 Å². The summed E-state index contributed by atoms with van der Waals surface area (Å²) in [7, 11) is 3.90. The van der Waals surface area contributed by atoms with Gasteiger partial charge in [0.05, 0.1) is 23.4 Å². The molecule has 2 aromatic rings. The molecular formula is C31H35N3O3. The largest absolute Gasteiger partial charge is 0.388 e. The predicted molar refractivity (Wildman–Crippen MR) is 141 cm³/mol. The topological polar surface area (TPSA) is 89.6 Å². The zero-order valence-corrected chi connectivity index (χ0v) is 21.8. The number of aliphatic hydroxyl groups excluding tert-OH is 2. The van der Waals surface area contributed by atoms with Gasteiger partial charge in [-0.3, -0.25) is 4.98 Å². The molecule has 192 valence electrons. The number of aliphatic hydroxyl groups is 2. The lowest BCUT2D eigenvalue weighted by atomic mass is 9.49. The van der Waals surface area contributed by atoms with E-state index >= 15 is 0 Å². The summed E-state index contributed by atoms with van der Waals surface area (Å²) in [5.41, 5.74) is 1.20. The Labute approximate surface area is 218 Å². The van der Waals surface area contributed by atoms with Crippen molar-refractivity contribution < 1.29 is 14.9 Å². The number of benzene rings is 1. The van der Waals surface area contributed by atoms with Crippen LogP contribution in [-0.4, -0.2) is 63.6 Å². The van der Waals surface area contributed by atoms with Crippen LogP contribution in [0.1, 0.15) is 51.0 Å². The lowest BCUT2D eigenvalue weighted by molar-refractivity contribution is -0.223. The van der Waals surface area contributed by atoms with Crippen LogP contribution >= 0.6 is 0 Å². The Hall–Kier alpha value is -2.56. The maximum atomic E-state index is 11.3. The van der Waals surface area contributed by atoms with Gasteiger partial charge >= 0.3 is 0 Å². The standard InChI is InChI=1S/C31H35N3O3/c1-28-10-11-29(18-32)15-23-26(35)27(36)24(34(2)3)16-30(23)12-13-31(29,37-30)25(28)8-7-22(28)21-6-4-5-19-17-33-14-9-20(19)21/h4-7,9,14-15,17,24-27,35-36H,8,10-13,16H2,1-3H3. The smallest absolute Gasteiger partial charge is 0.105 e. The fourth-order valence-electron chi connectivity index (χ4n) is 9.02. The zero-order chi connectivity index (χ0) is 25.8. The van der Waals surface area contributed by atoms with E-state index in [4.69, 9.17) is 4.74 Å². The van der Waals surface area contributed by atoms with E-state index in [9.17, 15) is 15.5 Å². The van der Waals surface area contributed by atoms with Crippen LogP contribution in [0.5, 0.6) is 0 Å². The number of rotatable bonds is 2. The van der Waals surface area contributed by atoms with Gasteiger partial charge in [0.15, 0.2) is 0 Å². The average molecular weight is 498 g/mol. The van der Waals surface area contributed by atoms with Gasteiger partial charge in [-0.15, -0.1) is 0 Å². The molecule has 8 unspecified atom stereocenters. The molecule has 2 bridgehead atoms. The number of hydrogen-bond acceptors (Lipinski definition) is 6. The molecule has 37 heavy (non-hydrogen) atoms. The minimum atomic E-state index is -1.02. The van der Waals surface area contributed by atoms with E-state index in [1.807, 2.05) is 31.4 Å². The van der Waals surface area contributed by atoms with Gasteiger partial charge in [0.1, 0.15) is 11.5 Å². The summed E-state index contributed by atoms with van der Waals surface area (Å²) >= 11 is 0. The number of ether oxygens (including phenoxy) is 1. The predicted octanol–water partition coefficient (Wildman–Crippen LogP) is 4.23. The molecule has 6 heteroatoms. The normalized spacial score (nSPS) is 44.0. The number of aromatic nitrogens is 1. The van der Waals surface area contributed by atoms with Crippen molar-refractivity contribution >= 4 is 16.3 Å². The summed E-state index contributed by atoms with van der Waals surface area (Å²) in [6.45, 7) is 2.38. The number of likely N-dealkylation sites (N-methyl/N-ethyl adjacent to an activating group) is 1. The van der Waals surface area contributed by atoms with Crippen molar-refractivity contribution in [3.63, 3.8) is 0 Å². The molecule has 3 aliphatic carbocycles. The Bertz CT molecular complexity index is 1400. The number of hydrogen-bond donors (Lipinski definition) is 2. The first-order valence-electron chi connectivity index (χ1n) is 13.6. The number of nitriles is 1. The van der Waals surface area contributed by atoms with Crippen molar-refractivity contribution in [1.29, 1.82) is 5.26 Å². The van der Waals surface area contributed by atoms with Gasteiger partial charge < -0.3 is 19.8 Å². The number of fused-ring (bicyclic) bond motifs is 2. The molecule has 1 aromatic heterocycles. The third-order valence-electron chi connectivity index (χ3n) is 10.9. The Morgan fingerprint density at radius 1 is 1.14 bits per heavy atom. The summed E-state index contributed by atoms with van der Waals surface area (Å²) in [5.74, 6) is 0.166. The van der Waals surface area contributed by atoms with E-state index in [2.05, 4.69) is 54.4 Å². The Morgan fingerprint density at radius 3 is 2.76 bits per heavy atom. The van der Waals surface area contributed by atoms with Crippen molar-refractivity contribution in [3.8, 4) is 6.07 Å². The Balaban J connectivity index is 1.35. The van der Waals surface area contributed by atoms with E-state index in [-0.39, 0.29) is 17.4 Å². The first kappa shape index (κ1) is 23.5. The molecule has 2 spiro atoms. The molecule has 0 amide bonds. The highest BCUT2D eigenvalue weighted by Crippen LogP contribution is 2.73. The van der Waals surface area contributed by atoms with Crippen LogP contribution in [0.25, 0.3) is 16.3 Å². The number of allylic oxidation sites excluding steroid dienone is 2. The maximum absolute atomic E-state index is 11.3. The van der Waals surface area contributed by atoms with Gasteiger partial charge in [-0.1, -0.05) is 37.3 Å². The minimum absolute atomic E-state index is 0.122. The molecule has 1 aromatic carbocycles. The van der Waals surface area contributed by atoms with E-state index in [0.717, 1.165) is 36.6 Å². The van der Waals surface area contributed by atoms with E-state index in [1.54, 1.807) is 0 Å². The first-order valence-corrected chi connectivity index (χ1v) is 13.6. The fraction of sp³-hybridized carbons (Fsp3) is 0.548. The first-order chi connectivity index (χ1) is 17.7. The summed E-state index contributed by atoms with van der Waals surface area (Å²) in [5, 5.41) is 35.4. The van der Waals surface area contributed by atoms with Gasteiger partial charge in [-0.25, -0.2) is 0 Å². The summed E-state index contributed by atoms with van der Waals surface area (Å²) in [6, 6.07) is 11.1. The van der Waals surface area contributed by atoms with Crippen molar-refractivity contribution in [3.05, 3.63) is 59.9 Å². The molecule has 8 atom stereocenters. The van der Waals surface area contributed by atoms with Crippen LogP contribution in [0, 0.1) is 28.1 Å². The highest BCUT2D eigenvalue weighted by molar-refractivity contribution is 5.95. The fourth-order valence-corrected chi connectivity index (χ4v) is 9.02.